The third-order valence-corrected chi connectivity index (χ3v) is 4.98. The average Bonchev–Trinajstić information content (AvgIpc) is 2.45. The van der Waals surface area contributed by atoms with Gasteiger partial charge in [-0.05, 0) is 63.3 Å². The molecule has 2 rings (SSSR count). The van der Waals surface area contributed by atoms with E-state index in [1.807, 2.05) is 11.8 Å². The first-order chi connectivity index (χ1) is 8.86. The number of amides is 1. The molecule has 4 heteroatoms. The molecular weight excluding hydrogens is 244 g/mol. The van der Waals surface area contributed by atoms with Crippen LogP contribution in [-0.4, -0.2) is 48.5 Å². The molecule has 0 aromatic rings. The summed E-state index contributed by atoms with van der Waals surface area (Å²) in [5.41, 5.74) is 0. The third kappa shape index (κ3) is 4.81. The Balaban J connectivity index is 1.52. The van der Waals surface area contributed by atoms with E-state index in [0.717, 1.165) is 24.8 Å². The van der Waals surface area contributed by atoms with Crippen LogP contribution in [0, 0.1) is 5.92 Å². The Morgan fingerprint density at radius 3 is 2.78 bits per heavy atom. The predicted octanol–water partition coefficient (Wildman–Crippen LogP) is 2.12. The lowest BCUT2D eigenvalue weighted by Gasteiger charge is -2.26. The molecule has 0 radical (unpaired) electrons. The summed E-state index contributed by atoms with van der Waals surface area (Å²) in [7, 11) is 0. The van der Waals surface area contributed by atoms with E-state index in [1.165, 1.54) is 51.6 Å². The maximum absolute atomic E-state index is 11.9. The normalized spacial score (nSPS) is 25.1. The highest BCUT2D eigenvalue weighted by Gasteiger charge is 2.17. The van der Waals surface area contributed by atoms with Crippen LogP contribution in [0.25, 0.3) is 0 Å². The summed E-state index contributed by atoms with van der Waals surface area (Å²) in [6.07, 6.45) is 7.65. The third-order valence-electron chi connectivity index (χ3n) is 4.00. The fourth-order valence-electron chi connectivity index (χ4n) is 2.81. The van der Waals surface area contributed by atoms with Crippen molar-refractivity contribution in [3.8, 4) is 0 Å². The van der Waals surface area contributed by atoms with Crippen molar-refractivity contribution in [2.24, 2.45) is 5.92 Å². The Bertz CT molecular complexity index is 248. The Morgan fingerprint density at radius 2 is 2.06 bits per heavy atom. The molecule has 0 aliphatic carbocycles. The molecule has 18 heavy (non-hydrogen) atoms. The van der Waals surface area contributed by atoms with Gasteiger partial charge in [-0.25, -0.2) is 0 Å². The first-order valence-corrected chi connectivity index (χ1v) is 8.58. The lowest BCUT2D eigenvalue weighted by molar-refractivity contribution is -0.129. The van der Waals surface area contributed by atoms with E-state index < -0.39 is 0 Å². The van der Waals surface area contributed by atoms with Gasteiger partial charge in [0.05, 0.1) is 5.75 Å². The van der Waals surface area contributed by atoms with Crippen LogP contribution < -0.4 is 5.32 Å². The number of nitrogens with zero attached hydrogens (tertiary/aromatic N) is 1. The lowest BCUT2D eigenvalue weighted by Crippen LogP contribution is -2.36. The molecule has 3 nitrogen and oxygen atoms in total. The minimum atomic E-state index is 0.362. The maximum Gasteiger partial charge on any atom is 0.232 e. The monoisotopic (exact) mass is 270 g/mol. The quantitative estimate of drug-likeness (QED) is 0.777. The number of likely N-dealkylation sites (tertiary alicyclic amines) is 1. The van der Waals surface area contributed by atoms with Gasteiger partial charge in [0.2, 0.25) is 5.91 Å². The number of hydrogen-bond acceptors (Lipinski definition) is 3. The minimum Gasteiger partial charge on any atom is -0.342 e. The fraction of sp³-hybridized carbons (Fsp3) is 0.929. The lowest BCUT2D eigenvalue weighted by atomic mass is 9.97. The number of thioether (sulfide) groups is 1. The van der Waals surface area contributed by atoms with Gasteiger partial charge in [0.1, 0.15) is 0 Å². The van der Waals surface area contributed by atoms with E-state index in [4.69, 9.17) is 0 Å². The molecular formula is C14H26N2OS. The zero-order valence-electron chi connectivity index (χ0n) is 11.3. The second-order valence-electron chi connectivity index (χ2n) is 5.50. The summed E-state index contributed by atoms with van der Waals surface area (Å²) in [5.74, 6) is 3.05. The van der Waals surface area contributed by atoms with Gasteiger partial charge in [0.25, 0.3) is 0 Å². The average molecular weight is 270 g/mol. The number of carbonyl (C=O) groups excluding carboxylic acids is 1. The summed E-state index contributed by atoms with van der Waals surface area (Å²) in [5, 5.41) is 3.45. The highest BCUT2D eigenvalue weighted by molar-refractivity contribution is 7.99. The summed E-state index contributed by atoms with van der Waals surface area (Å²) in [4.78, 5) is 14.0. The molecule has 0 aromatic carbocycles. The smallest absolute Gasteiger partial charge is 0.232 e. The second-order valence-corrected chi connectivity index (χ2v) is 6.60. The van der Waals surface area contributed by atoms with Gasteiger partial charge in [-0.1, -0.05) is 0 Å². The predicted molar refractivity (Wildman–Crippen MR) is 78.0 cm³/mol. The Morgan fingerprint density at radius 1 is 1.22 bits per heavy atom. The van der Waals surface area contributed by atoms with Crippen molar-refractivity contribution in [3.63, 3.8) is 0 Å². The van der Waals surface area contributed by atoms with E-state index in [0.29, 0.717) is 11.7 Å². The van der Waals surface area contributed by atoms with Crippen LogP contribution in [0.15, 0.2) is 0 Å². The van der Waals surface area contributed by atoms with E-state index in [9.17, 15) is 4.79 Å². The van der Waals surface area contributed by atoms with Crippen molar-refractivity contribution >= 4 is 17.7 Å². The molecule has 0 aromatic heterocycles. The van der Waals surface area contributed by atoms with Crippen molar-refractivity contribution in [1.29, 1.82) is 0 Å². The van der Waals surface area contributed by atoms with Crippen molar-refractivity contribution in [2.75, 3.05) is 37.7 Å². The molecule has 1 atom stereocenters. The van der Waals surface area contributed by atoms with Crippen molar-refractivity contribution in [3.05, 3.63) is 0 Å². The van der Waals surface area contributed by atoms with E-state index in [1.54, 1.807) is 0 Å². The summed E-state index contributed by atoms with van der Waals surface area (Å²) in [6.45, 7) is 4.36. The summed E-state index contributed by atoms with van der Waals surface area (Å²) >= 11 is 1.83. The van der Waals surface area contributed by atoms with Crippen LogP contribution in [0.1, 0.15) is 38.5 Å². The van der Waals surface area contributed by atoms with Crippen molar-refractivity contribution in [1.82, 2.24) is 10.2 Å². The van der Waals surface area contributed by atoms with E-state index in [2.05, 4.69) is 10.2 Å². The zero-order chi connectivity index (χ0) is 12.6. The molecule has 2 aliphatic heterocycles. The Hall–Kier alpha value is -0.220. The highest BCUT2D eigenvalue weighted by Crippen LogP contribution is 2.18. The van der Waals surface area contributed by atoms with Crippen LogP contribution in [-0.2, 0) is 4.79 Å². The molecule has 2 fully saturated rings. The Kier molecular flexibility index (Phi) is 6.35. The van der Waals surface area contributed by atoms with Gasteiger partial charge in [-0.3, -0.25) is 4.79 Å². The van der Waals surface area contributed by atoms with Gasteiger partial charge in [-0.2, -0.15) is 11.8 Å². The molecule has 1 N–H and O–H groups in total. The van der Waals surface area contributed by atoms with Gasteiger partial charge in [0, 0.05) is 13.1 Å². The van der Waals surface area contributed by atoms with Gasteiger partial charge >= 0.3 is 0 Å². The molecule has 2 saturated heterocycles. The summed E-state index contributed by atoms with van der Waals surface area (Å²) in [6, 6.07) is 0. The van der Waals surface area contributed by atoms with Crippen LogP contribution in [0.5, 0.6) is 0 Å². The molecule has 0 bridgehead atoms. The molecule has 2 heterocycles. The van der Waals surface area contributed by atoms with Crippen LogP contribution in [0.3, 0.4) is 0 Å². The molecule has 2 aliphatic rings. The van der Waals surface area contributed by atoms with Gasteiger partial charge < -0.3 is 10.2 Å². The fourth-order valence-corrected chi connectivity index (χ4v) is 3.82. The van der Waals surface area contributed by atoms with Crippen molar-refractivity contribution in [2.45, 2.75) is 38.5 Å². The number of rotatable bonds is 5. The topological polar surface area (TPSA) is 32.3 Å². The van der Waals surface area contributed by atoms with Crippen molar-refractivity contribution < 1.29 is 4.79 Å². The van der Waals surface area contributed by atoms with Crippen LogP contribution in [0.2, 0.25) is 0 Å². The van der Waals surface area contributed by atoms with Crippen LogP contribution in [0.4, 0.5) is 0 Å². The molecule has 1 unspecified atom stereocenters. The molecule has 104 valence electrons. The molecule has 0 spiro atoms. The zero-order valence-corrected chi connectivity index (χ0v) is 12.1. The Labute approximate surface area is 115 Å². The number of piperidine rings is 2. The van der Waals surface area contributed by atoms with Gasteiger partial charge in [0.15, 0.2) is 0 Å². The van der Waals surface area contributed by atoms with Gasteiger partial charge in [-0.15, -0.1) is 0 Å². The SMILES string of the molecule is O=C(CSCCC1CCCNC1)N1CCCCC1. The number of carbonyl (C=O) groups is 1. The largest absolute Gasteiger partial charge is 0.342 e. The molecule has 1 amide bonds. The van der Waals surface area contributed by atoms with Crippen LogP contribution >= 0.6 is 11.8 Å². The number of hydrogen-bond donors (Lipinski definition) is 1. The molecule has 0 saturated carbocycles. The second kappa shape index (κ2) is 8.05. The first-order valence-electron chi connectivity index (χ1n) is 7.42. The highest BCUT2D eigenvalue weighted by atomic mass is 32.2. The minimum absolute atomic E-state index is 0.362. The maximum atomic E-state index is 11.9. The standard InChI is InChI=1S/C14H26N2OS/c17-14(16-8-2-1-3-9-16)12-18-10-6-13-5-4-7-15-11-13/h13,15H,1-12H2. The van der Waals surface area contributed by atoms with E-state index >= 15 is 0 Å². The van der Waals surface area contributed by atoms with E-state index in [-0.39, 0.29) is 0 Å². The first kappa shape index (κ1) is 14.2. The number of nitrogens with one attached hydrogen (secondary N) is 1. The summed E-state index contributed by atoms with van der Waals surface area (Å²) < 4.78 is 0.